The van der Waals surface area contributed by atoms with Gasteiger partial charge in [-0.05, 0) is 53.4 Å². The van der Waals surface area contributed by atoms with Crippen LogP contribution in [0, 0.1) is 0 Å². The van der Waals surface area contributed by atoms with Crippen LogP contribution in [-0.2, 0) is 4.74 Å². The Bertz CT molecular complexity index is 319. The van der Waals surface area contributed by atoms with Gasteiger partial charge in [-0.25, -0.2) is 0 Å². The van der Waals surface area contributed by atoms with Crippen molar-refractivity contribution in [2.75, 3.05) is 79.2 Å². The lowest BCUT2D eigenvalue weighted by atomic mass is 10.0. The number of likely N-dealkylation sites (tertiary alicyclic amines) is 1. The highest BCUT2D eigenvalue weighted by molar-refractivity contribution is 4.80. The average molecular weight is 401 g/mol. The first-order chi connectivity index (χ1) is 13.6. The molecule has 0 amide bonds. The van der Waals surface area contributed by atoms with E-state index in [4.69, 9.17) is 4.74 Å². The third-order valence-corrected chi connectivity index (χ3v) is 5.83. The third-order valence-electron chi connectivity index (χ3n) is 5.83. The first-order valence-electron chi connectivity index (χ1n) is 12.1. The monoisotopic (exact) mass is 400 g/mol. The maximum Gasteiger partial charge on any atom is 0.0594 e. The zero-order valence-corrected chi connectivity index (χ0v) is 20.5. The van der Waals surface area contributed by atoms with Crippen molar-refractivity contribution in [3.63, 3.8) is 0 Å². The Morgan fingerprint density at radius 2 is 1.29 bits per heavy atom. The van der Waals surface area contributed by atoms with Crippen molar-refractivity contribution < 1.29 is 4.74 Å². The molecular formula is C23H52N4O. The molecule has 3 rings (SSSR count). The number of morpholine rings is 1. The van der Waals surface area contributed by atoms with Gasteiger partial charge >= 0.3 is 0 Å². The molecule has 3 aliphatic heterocycles. The lowest BCUT2D eigenvalue weighted by molar-refractivity contribution is 0.00134. The highest BCUT2D eigenvalue weighted by atomic mass is 16.5. The predicted molar refractivity (Wildman–Crippen MR) is 124 cm³/mol. The zero-order chi connectivity index (χ0) is 21.4. The van der Waals surface area contributed by atoms with Gasteiger partial charge in [-0.1, -0.05) is 34.6 Å². The normalized spacial score (nSPS) is 23.0. The minimum Gasteiger partial charge on any atom is -0.379 e. The number of rotatable bonds is 3. The molecule has 0 N–H and O–H groups in total. The minimum absolute atomic E-state index is 0.730. The maximum absolute atomic E-state index is 5.38. The fourth-order valence-electron chi connectivity index (χ4n) is 3.88. The van der Waals surface area contributed by atoms with Crippen molar-refractivity contribution in [1.29, 1.82) is 0 Å². The molecule has 0 radical (unpaired) electrons. The summed E-state index contributed by atoms with van der Waals surface area (Å²) < 4.78 is 5.38. The van der Waals surface area contributed by atoms with E-state index >= 15 is 0 Å². The van der Waals surface area contributed by atoms with Crippen molar-refractivity contribution in [3.8, 4) is 0 Å². The van der Waals surface area contributed by atoms with E-state index in [1.807, 2.05) is 27.7 Å². The standard InChI is InChI=1S/C11H22N2O.C8H18N2.2C2H6/c1-2-12-5-3-11(4-6-12)13-7-9-14-10-8-13;1-8(2)10-6-4-9(3)5-7-10;2*1-2/h11H,2-10H2,1H3;8H,4-7H2,1-3H3;2*1-2H3. The van der Waals surface area contributed by atoms with Crippen LogP contribution >= 0.6 is 0 Å². The first-order valence-corrected chi connectivity index (χ1v) is 12.1. The molecule has 0 aromatic rings. The van der Waals surface area contributed by atoms with E-state index in [9.17, 15) is 0 Å². The van der Waals surface area contributed by atoms with Crippen molar-refractivity contribution >= 4 is 0 Å². The number of hydrogen-bond donors (Lipinski definition) is 0. The zero-order valence-electron chi connectivity index (χ0n) is 20.5. The van der Waals surface area contributed by atoms with Crippen molar-refractivity contribution in [2.45, 2.75) is 73.4 Å². The second-order valence-electron chi connectivity index (χ2n) is 7.75. The molecule has 0 bridgehead atoms. The van der Waals surface area contributed by atoms with Crippen LogP contribution in [0.25, 0.3) is 0 Å². The summed E-state index contributed by atoms with van der Waals surface area (Å²) in [7, 11) is 2.19. The summed E-state index contributed by atoms with van der Waals surface area (Å²) in [5.74, 6) is 0. The van der Waals surface area contributed by atoms with Crippen LogP contribution < -0.4 is 0 Å². The van der Waals surface area contributed by atoms with Crippen molar-refractivity contribution in [1.82, 2.24) is 19.6 Å². The summed E-state index contributed by atoms with van der Waals surface area (Å²) in [4.78, 5) is 10.1. The predicted octanol–water partition coefficient (Wildman–Crippen LogP) is 3.50. The number of likely N-dealkylation sites (N-methyl/N-ethyl adjacent to an activating group) is 1. The Hall–Kier alpha value is -0.200. The van der Waals surface area contributed by atoms with Crippen molar-refractivity contribution in [2.24, 2.45) is 0 Å². The molecule has 5 heteroatoms. The summed E-state index contributed by atoms with van der Waals surface area (Å²) in [6.07, 6.45) is 2.71. The fourth-order valence-corrected chi connectivity index (χ4v) is 3.88. The van der Waals surface area contributed by atoms with Gasteiger partial charge in [0.05, 0.1) is 13.2 Å². The van der Waals surface area contributed by atoms with E-state index in [-0.39, 0.29) is 0 Å². The first kappa shape index (κ1) is 27.8. The summed E-state index contributed by atoms with van der Waals surface area (Å²) >= 11 is 0. The summed E-state index contributed by atoms with van der Waals surface area (Å²) in [5, 5.41) is 0. The number of piperazine rings is 1. The van der Waals surface area contributed by atoms with E-state index in [1.54, 1.807) is 0 Å². The molecule has 5 nitrogen and oxygen atoms in total. The highest BCUT2D eigenvalue weighted by Crippen LogP contribution is 2.17. The van der Waals surface area contributed by atoms with Gasteiger partial charge in [-0.2, -0.15) is 0 Å². The third kappa shape index (κ3) is 11.1. The molecule has 0 aliphatic carbocycles. The van der Waals surface area contributed by atoms with Crippen LogP contribution in [0.4, 0.5) is 0 Å². The Morgan fingerprint density at radius 1 is 0.786 bits per heavy atom. The Labute approximate surface area is 177 Å². The smallest absolute Gasteiger partial charge is 0.0594 e. The highest BCUT2D eigenvalue weighted by Gasteiger charge is 2.24. The van der Waals surface area contributed by atoms with Gasteiger partial charge in [0.1, 0.15) is 0 Å². The fraction of sp³-hybridized carbons (Fsp3) is 1.00. The van der Waals surface area contributed by atoms with Gasteiger partial charge < -0.3 is 14.5 Å². The number of hydrogen-bond acceptors (Lipinski definition) is 5. The minimum atomic E-state index is 0.730. The molecule has 28 heavy (non-hydrogen) atoms. The Balaban J connectivity index is 0.000000460. The molecule has 3 fully saturated rings. The molecule has 3 aliphatic rings. The van der Waals surface area contributed by atoms with Gasteiger partial charge in [0.15, 0.2) is 0 Å². The van der Waals surface area contributed by atoms with Crippen molar-refractivity contribution in [3.05, 3.63) is 0 Å². The number of piperidine rings is 1. The molecule has 3 heterocycles. The molecule has 0 spiro atoms. The second kappa shape index (κ2) is 17.6. The van der Waals surface area contributed by atoms with Gasteiger partial charge in [0.25, 0.3) is 0 Å². The van der Waals surface area contributed by atoms with Gasteiger partial charge in [-0.3, -0.25) is 9.80 Å². The van der Waals surface area contributed by atoms with Gasteiger partial charge in [0.2, 0.25) is 0 Å². The van der Waals surface area contributed by atoms with Crippen LogP contribution in [0.15, 0.2) is 0 Å². The van der Waals surface area contributed by atoms with Crippen LogP contribution in [0.3, 0.4) is 0 Å². The molecule has 0 aromatic carbocycles. The van der Waals surface area contributed by atoms with Crippen LogP contribution in [0.1, 0.15) is 61.3 Å². The molecular weight excluding hydrogens is 348 g/mol. The molecule has 0 atom stereocenters. The largest absolute Gasteiger partial charge is 0.379 e. The van der Waals surface area contributed by atoms with Gasteiger partial charge in [0, 0.05) is 51.4 Å². The maximum atomic E-state index is 5.38. The topological polar surface area (TPSA) is 22.2 Å². The summed E-state index contributed by atoms with van der Waals surface area (Å²) in [6, 6.07) is 1.57. The van der Waals surface area contributed by atoms with Gasteiger partial charge in [-0.15, -0.1) is 0 Å². The molecule has 170 valence electrons. The summed E-state index contributed by atoms with van der Waals surface area (Å²) in [5.41, 5.74) is 0. The van der Waals surface area contributed by atoms with E-state index < -0.39 is 0 Å². The number of nitrogens with zero attached hydrogens (tertiary/aromatic N) is 4. The SMILES string of the molecule is CC.CC.CC(C)N1CCN(C)CC1.CCN1CCC(N2CCOCC2)CC1. The van der Waals surface area contributed by atoms with Crippen LogP contribution in [0.2, 0.25) is 0 Å². The Morgan fingerprint density at radius 3 is 1.71 bits per heavy atom. The van der Waals surface area contributed by atoms with Crippen LogP contribution in [0.5, 0.6) is 0 Å². The second-order valence-corrected chi connectivity index (χ2v) is 7.75. The van der Waals surface area contributed by atoms with Crippen LogP contribution in [-0.4, -0.2) is 111 Å². The van der Waals surface area contributed by atoms with E-state index in [1.165, 1.54) is 58.7 Å². The summed E-state index contributed by atoms with van der Waals surface area (Å²) in [6.45, 7) is 27.7. The van der Waals surface area contributed by atoms with E-state index in [2.05, 4.69) is 47.4 Å². The Kier molecular flexibility index (Phi) is 17.5. The quantitative estimate of drug-likeness (QED) is 0.721. The molecule has 0 saturated carbocycles. The van der Waals surface area contributed by atoms with E-state index in [0.29, 0.717) is 0 Å². The molecule has 0 unspecified atom stereocenters. The lowest BCUT2D eigenvalue weighted by Gasteiger charge is -2.39. The number of ether oxygens (including phenoxy) is 1. The molecule has 3 saturated heterocycles. The van der Waals surface area contributed by atoms with E-state index in [0.717, 1.165) is 38.4 Å². The molecule has 0 aromatic heterocycles. The lowest BCUT2D eigenvalue weighted by Crippen LogP contribution is -2.48. The average Bonchev–Trinajstić information content (AvgIpc) is 2.78.